The molecule has 0 radical (unpaired) electrons. The Morgan fingerprint density at radius 2 is 2.00 bits per heavy atom. The van der Waals surface area contributed by atoms with Crippen molar-refractivity contribution in [3.05, 3.63) is 0 Å². The number of nitrogens with two attached hydrogens (primary N) is 1. The Labute approximate surface area is 129 Å². The summed E-state index contributed by atoms with van der Waals surface area (Å²) in [5.74, 6) is 0.751. The number of ether oxygens (including phenoxy) is 1. The van der Waals surface area contributed by atoms with Gasteiger partial charge in [-0.3, -0.25) is 4.79 Å². The lowest BCUT2D eigenvalue weighted by molar-refractivity contribution is -0.147. The molecule has 1 atom stereocenters. The van der Waals surface area contributed by atoms with Crippen LogP contribution in [0.1, 0.15) is 46.0 Å². The number of hydrogen-bond acceptors (Lipinski definition) is 3. The van der Waals surface area contributed by atoms with Crippen LogP contribution in [0.15, 0.2) is 0 Å². The van der Waals surface area contributed by atoms with Gasteiger partial charge < -0.3 is 15.4 Å². The highest BCUT2D eigenvalue weighted by molar-refractivity contribution is 5.85. The zero-order chi connectivity index (χ0) is 14.5. The number of carbonyl (C=O) groups excluding carboxylic acids is 1. The van der Waals surface area contributed by atoms with Gasteiger partial charge in [-0.15, -0.1) is 12.4 Å². The predicted molar refractivity (Wildman–Crippen MR) is 85.1 cm³/mol. The van der Waals surface area contributed by atoms with Gasteiger partial charge in [-0.1, -0.05) is 20.3 Å². The Morgan fingerprint density at radius 1 is 1.40 bits per heavy atom. The number of halogens is 1. The molecule has 0 aromatic heterocycles. The Bertz CT molecular complexity index is 294. The van der Waals surface area contributed by atoms with Crippen molar-refractivity contribution in [1.82, 2.24) is 4.90 Å². The molecule has 0 spiro atoms. The molecule has 1 amide bonds. The summed E-state index contributed by atoms with van der Waals surface area (Å²) in [4.78, 5) is 14.4. The maximum Gasteiger partial charge on any atom is 0.228 e. The molecular formula is C15H31ClN2O2. The van der Waals surface area contributed by atoms with Gasteiger partial charge in [0.25, 0.3) is 0 Å². The van der Waals surface area contributed by atoms with Crippen LogP contribution in [-0.2, 0) is 9.53 Å². The Balaban J connectivity index is 0.00000361. The summed E-state index contributed by atoms with van der Waals surface area (Å²) in [5.41, 5.74) is 5.90. The van der Waals surface area contributed by atoms with Crippen LogP contribution in [0.5, 0.6) is 0 Å². The summed E-state index contributed by atoms with van der Waals surface area (Å²) in [6, 6.07) is 0.173. The number of amides is 1. The van der Waals surface area contributed by atoms with E-state index in [4.69, 9.17) is 10.5 Å². The van der Waals surface area contributed by atoms with Crippen LogP contribution in [0.25, 0.3) is 0 Å². The summed E-state index contributed by atoms with van der Waals surface area (Å²) in [6.07, 6.45) is 4.91. The second-order valence-electron chi connectivity index (χ2n) is 6.30. The molecule has 0 aromatic rings. The monoisotopic (exact) mass is 306 g/mol. The zero-order valence-electron chi connectivity index (χ0n) is 13.4. The van der Waals surface area contributed by atoms with E-state index in [2.05, 4.69) is 13.8 Å². The van der Waals surface area contributed by atoms with E-state index in [0.29, 0.717) is 12.5 Å². The third-order valence-corrected chi connectivity index (χ3v) is 4.55. The number of nitrogens with zero attached hydrogens (tertiary/aromatic N) is 1. The minimum Gasteiger partial charge on any atom is -0.385 e. The second kappa shape index (κ2) is 8.85. The largest absolute Gasteiger partial charge is 0.385 e. The van der Waals surface area contributed by atoms with Gasteiger partial charge in [-0.05, 0) is 31.6 Å². The van der Waals surface area contributed by atoms with E-state index >= 15 is 0 Å². The summed E-state index contributed by atoms with van der Waals surface area (Å²) >= 11 is 0. The number of methoxy groups -OCH3 is 1. The first-order valence-corrected chi connectivity index (χ1v) is 7.43. The van der Waals surface area contributed by atoms with Crippen molar-refractivity contribution in [1.29, 1.82) is 0 Å². The molecule has 0 bridgehead atoms. The normalized spacial score (nSPS) is 18.1. The van der Waals surface area contributed by atoms with E-state index in [9.17, 15) is 4.79 Å². The smallest absolute Gasteiger partial charge is 0.228 e. The maximum absolute atomic E-state index is 12.6. The summed E-state index contributed by atoms with van der Waals surface area (Å²) in [6.45, 7) is 5.68. The second-order valence-corrected chi connectivity index (χ2v) is 6.30. The van der Waals surface area contributed by atoms with Gasteiger partial charge in [0.15, 0.2) is 0 Å². The molecule has 1 rings (SSSR count). The van der Waals surface area contributed by atoms with Crippen LogP contribution < -0.4 is 5.73 Å². The summed E-state index contributed by atoms with van der Waals surface area (Å²) < 4.78 is 5.14. The standard InChI is InChI=1S/C15H30N2O2.ClH/c1-12(2)13(16)6-10-17(3)14(18)15(7-5-8-15)9-11-19-4;/h12-13H,5-11,16H2,1-4H3;1H. The molecule has 0 heterocycles. The summed E-state index contributed by atoms with van der Waals surface area (Å²) in [5, 5.41) is 0. The molecule has 4 nitrogen and oxygen atoms in total. The van der Waals surface area contributed by atoms with Gasteiger partial charge in [0.1, 0.15) is 0 Å². The quantitative estimate of drug-likeness (QED) is 0.749. The van der Waals surface area contributed by atoms with E-state index < -0.39 is 0 Å². The molecule has 2 N–H and O–H groups in total. The molecule has 0 aliphatic heterocycles. The van der Waals surface area contributed by atoms with Crippen molar-refractivity contribution in [3.63, 3.8) is 0 Å². The molecule has 1 saturated carbocycles. The highest BCUT2D eigenvalue weighted by Gasteiger charge is 2.44. The van der Waals surface area contributed by atoms with Gasteiger partial charge in [-0.25, -0.2) is 0 Å². The third-order valence-electron chi connectivity index (χ3n) is 4.55. The van der Waals surface area contributed by atoms with Gasteiger partial charge in [0, 0.05) is 33.4 Å². The van der Waals surface area contributed by atoms with Gasteiger partial charge in [0.2, 0.25) is 5.91 Å². The van der Waals surface area contributed by atoms with Gasteiger partial charge in [0.05, 0.1) is 5.41 Å². The van der Waals surface area contributed by atoms with Gasteiger partial charge >= 0.3 is 0 Å². The zero-order valence-corrected chi connectivity index (χ0v) is 14.2. The predicted octanol–water partition coefficient (Wildman–Crippen LogP) is 2.45. The SMILES string of the molecule is COCCC1(C(=O)N(C)CCC(N)C(C)C)CCC1.Cl. The van der Waals surface area contributed by atoms with E-state index in [-0.39, 0.29) is 29.8 Å². The number of hydrogen-bond donors (Lipinski definition) is 1. The fourth-order valence-electron chi connectivity index (χ4n) is 2.65. The summed E-state index contributed by atoms with van der Waals surface area (Å²) in [7, 11) is 3.60. The highest BCUT2D eigenvalue weighted by atomic mass is 35.5. The van der Waals surface area contributed by atoms with Gasteiger partial charge in [-0.2, -0.15) is 0 Å². The van der Waals surface area contributed by atoms with Crippen LogP contribution in [0.4, 0.5) is 0 Å². The highest BCUT2D eigenvalue weighted by Crippen LogP contribution is 2.45. The van der Waals surface area contributed by atoms with Crippen molar-refractivity contribution >= 4 is 18.3 Å². The van der Waals surface area contributed by atoms with Crippen LogP contribution >= 0.6 is 12.4 Å². The van der Waals surface area contributed by atoms with Crippen molar-refractivity contribution < 1.29 is 9.53 Å². The first kappa shape index (κ1) is 19.7. The lowest BCUT2D eigenvalue weighted by Gasteiger charge is -2.43. The fraction of sp³-hybridized carbons (Fsp3) is 0.933. The number of carbonyl (C=O) groups is 1. The van der Waals surface area contributed by atoms with Crippen molar-refractivity contribution in [3.8, 4) is 0 Å². The topological polar surface area (TPSA) is 55.6 Å². The molecule has 1 fully saturated rings. The Morgan fingerprint density at radius 3 is 2.40 bits per heavy atom. The number of rotatable bonds is 8. The molecule has 0 aromatic carbocycles. The maximum atomic E-state index is 12.6. The first-order valence-electron chi connectivity index (χ1n) is 7.43. The fourth-order valence-corrected chi connectivity index (χ4v) is 2.65. The van der Waals surface area contributed by atoms with Crippen LogP contribution in [0.2, 0.25) is 0 Å². The molecule has 120 valence electrons. The van der Waals surface area contributed by atoms with Crippen LogP contribution in [0, 0.1) is 11.3 Å². The molecule has 5 heteroatoms. The molecule has 1 unspecified atom stereocenters. The van der Waals surface area contributed by atoms with E-state index in [1.165, 1.54) is 0 Å². The van der Waals surface area contributed by atoms with Crippen LogP contribution in [0.3, 0.4) is 0 Å². The van der Waals surface area contributed by atoms with E-state index in [0.717, 1.165) is 38.6 Å². The average molecular weight is 307 g/mol. The van der Waals surface area contributed by atoms with E-state index in [1.54, 1.807) is 7.11 Å². The minimum absolute atomic E-state index is 0. The average Bonchev–Trinajstić information content (AvgIpc) is 2.33. The molecule has 1 aliphatic carbocycles. The lowest BCUT2D eigenvalue weighted by Crippen LogP contribution is -2.48. The van der Waals surface area contributed by atoms with Crippen molar-refractivity contribution in [2.45, 2.75) is 52.0 Å². The Kier molecular flexibility index (Phi) is 8.71. The lowest BCUT2D eigenvalue weighted by atomic mass is 9.66. The van der Waals surface area contributed by atoms with Crippen molar-refractivity contribution in [2.75, 3.05) is 27.3 Å². The third kappa shape index (κ3) is 4.90. The molecular weight excluding hydrogens is 276 g/mol. The molecule has 0 saturated heterocycles. The minimum atomic E-state index is -0.146. The molecule has 20 heavy (non-hydrogen) atoms. The van der Waals surface area contributed by atoms with E-state index in [1.807, 2.05) is 11.9 Å². The first-order chi connectivity index (χ1) is 8.93. The Hall–Kier alpha value is -0.320. The molecule has 1 aliphatic rings. The van der Waals surface area contributed by atoms with Crippen molar-refractivity contribution in [2.24, 2.45) is 17.1 Å². The van der Waals surface area contributed by atoms with Crippen LogP contribution in [-0.4, -0.2) is 44.2 Å².